The highest BCUT2D eigenvalue weighted by molar-refractivity contribution is 5.97. The zero-order valence-corrected chi connectivity index (χ0v) is 14.3. The van der Waals surface area contributed by atoms with Gasteiger partial charge in [0, 0.05) is 5.69 Å². The molecule has 0 fully saturated rings. The second kappa shape index (κ2) is 8.05. The molecule has 0 aliphatic rings. The molecule has 1 heterocycles. The van der Waals surface area contributed by atoms with Gasteiger partial charge in [0.2, 0.25) is 0 Å². The lowest BCUT2D eigenvalue weighted by Gasteiger charge is -2.07. The Kier molecular flexibility index (Phi) is 5.36. The predicted octanol–water partition coefficient (Wildman–Crippen LogP) is 2.21. The van der Waals surface area contributed by atoms with E-state index in [1.165, 1.54) is 19.4 Å². The summed E-state index contributed by atoms with van der Waals surface area (Å²) in [5, 5.41) is 2.54. The lowest BCUT2D eigenvalue weighted by molar-refractivity contribution is -0.119. The van der Waals surface area contributed by atoms with E-state index in [4.69, 9.17) is 4.74 Å². The van der Waals surface area contributed by atoms with Crippen LogP contribution in [0.1, 0.15) is 20.8 Å². The number of ether oxygens (including phenoxy) is 2. The number of hydrogen-bond acceptors (Lipinski definition) is 7. The van der Waals surface area contributed by atoms with Crippen molar-refractivity contribution in [2.45, 2.75) is 0 Å². The molecule has 3 aromatic rings. The number of nitrogens with one attached hydrogen (secondary N) is 1. The van der Waals surface area contributed by atoms with Crippen LogP contribution >= 0.6 is 0 Å². The van der Waals surface area contributed by atoms with Gasteiger partial charge < -0.3 is 14.8 Å². The number of carbonyl (C=O) groups excluding carboxylic acids is 3. The minimum Gasteiger partial charge on any atom is -0.465 e. The van der Waals surface area contributed by atoms with Crippen LogP contribution in [0.4, 0.5) is 5.69 Å². The van der Waals surface area contributed by atoms with Crippen LogP contribution in [0.2, 0.25) is 0 Å². The maximum Gasteiger partial charge on any atom is 0.359 e. The average molecular weight is 365 g/mol. The molecule has 0 radical (unpaired) electrons. The Bertz CT molecular complexity index is 1020. The van der Waals surface area contributed by atoms with Crippen molar-refractivity contribution < 1.29 is 23.9 Å². The third-order valence-corrected chi connectivity index (χ3v) is 3.56. The summed E-state index contributed by atoms with van der Waals surface area (Å²) in [4.78, 5) is 43.8. The largest absolute Gasteiger partial charge is 0.465 e. The number of carbonyl (C=O) groups is 3. The monoisotopic (exact) mass is 365 g/mol. The van der Waals surface area contributed by atoms with Crippen LogP contribution in [0.3, 0.4) is 0 Å². The second-order valence-electron chi connectivity index (χ2n) is 5.44. The average Bonchev–Trinajstić information content (AvgIpc) is 2.71. The molecule has 136 valence electrons. The number of anilines is 1. The Labute approximate surface area is 154 Å². The summed E-state index contributed by atoms with van der Waals surface area (Å²) in [5.41, 5.74) is 1.88. The molecule has 8 nitrogen and oxygen atoms in total. The molecule has 8 heteroatoms. The maximum absolute atomic E-state index is 12.1. The van der Waals surface area contributed by atoms with Gasteiger partial charge in [-0.15, -0.1) is 0 Å². The normalized spacial score (nSPS) is 10.3. The third kappa shape index (κ3) is 4.43. The van der Waals surface area contributed by atoms with E-state index < -0.39 is 24.5 Å². The molecule has 0 bridgehead atoms. The molecule has 3 rings (SSSR count). The van der Waals surface area contributed by atoms with Crippen molar-refractivity contribution in [2.24, 2.45) is 0 Å². The lowest BCUT2D eigenvalue weighted by Crippen LogP contribution is -2.21. The summed E-state index contributed by atoms with van der Waals surface area (Å²) >= 11 is 0. The number of benzene rings is 2. The quantitative estimate of drug-likeness (QED) is 0.691. The molecule has 0 spiro atoms. The summed E-state index contributed by atoms with van der Waals surface area (Å²) in [6, 6.07) is 13.3. The summed E-state index contributed by atoms with van der Waals surface area (Å²) < 4.78 is 9.59. The first-order chi connectivity index (χ1) is 13.1. The molecule has 0 saturated heterocycles. The third-order valence-electron chi connectivity index (χ3n) is 3.56. The van der Waals surface area contributed by atoms with E-state index in [1.807, 2.05) is 6.07 Å². The number of nitrogens with zero attached hydrogens (tertiary/aromatic N) is 2. The fourth-order valence-electron chi connectivity index (χ4n) is 2.30. The van der Waals surface area contributed by atoms with Crippen molar-refractivity contribution in [1.29, 1.82) is 0 Å². The highest BCUT2D eigenvalue weighted by atomic mass is 16.5. The fourth-order valence-corrected chi connectivity index (χ4v) is 2.30. The van der Waals surface area contributed by atoms with Crippen molar-refractivity contribution in [2.75, 3.05) is 19.0 Å². The van der Waals surface area contributed by atoms with E-state index in [-0.39, 0.29) is 5.69 Å². The van der Waals surface area contributed by atoms with Crippen LogP contribution in [-0.2, 0) is 14.3 Å². The number of esters is 2. The zero-order valence-electron chi connectivity index (χ0n) is 14.3. The topological polar surface area (TPSA) is 107 Å². The van der Waals surface area contributed by atoms with Gasteiger partial charge in [-0.25, -0.2) is 14.6 Å². The van der Waals surface area contributed by atoms with Crippen LogP contribution < -0.4 is 5.32 Å². The molecule has 1 amide bonds. The van der Waals surface area contributed by atoms with Crippen molar-refractivity contribution in [3.05, 3.63) is 66.0 Å². The van der Waals surface area contributed by atoms with Gasteiger partial charge in [-0.3, -0.25) is 9.78 Å². The summed E-state index contributed by atoms with van der Waals surface area (Å²) in [6.45, 7) is -0.504. The van der Waals surface area contributed by atoms with Gasteiger partial charge in [0.25, 0.3) is 5.91 Å². The van der Waals surface area contributed by atoms with Crippen LogP contribution in [0, 0.1) is 0 Å². The molecule has 0 aliphatic carbocycles. The Morgan fingerprint density at radius 2 is 1.78 bits per heavy atom. The van der Waals surface area contributed by atoms with Crippen molar-refractivity contribution in [3.8, 4) is 0 Å². The summed E-state index contributed by atoms with van der Waals surface area (Å²) in [6.07, 6.45) is 1.29. The molecule has 0 unspecified atom stereocenters. The number of methoxy groups -OCH3 is 1. The van der Waals surface area contributed by atoms with Gasteiger partial charge in [0.15, 0.2) is 12.3 Å². The SMILES string of the molecule is COC(=O)c1cccc(NC(=O)COC(=O)c2cnc3ccccc3n2)c1. The van der Waals surface area contributed by atoms with E-state index >= 15 is 0 Å². The van der Waals surface area contributed by atoms with Crippen molar-refractivity contribution in [1.82, 2.24) is 9.97 Å². The molecule has 1 aromatic heterocycles. The van der Waals surface area contributed by atoms with E-state index in [2.05, 4.69) is 20.0 Å². The lowest BCUT2D eigenvalue weighted by atomic mass is 10.2. The van der Waals surface area contributed by atoms with E-state index in [0.29, 0.717) is 22.3 Å². The molecule has 27 heavy (non-hydrogen) atoms. The van der Waals surface area contributed by atoms with Crippen LogP contribution in [0.25, 0.3) is 11.0 Å². The molecule has 0 aliphatic heterocycles. The number of hydrogen-bond donors (Lipinski definition) is 1. The highest BCUT2D eigenvalue weighted by Crippen LogP contribution is 2.12. The number of rotatable bonds is 5. The minimum atomic E-state index is -0.758. The van der Waals surface area contributed by atoms with E-state index in [1.54, 1.807) is 36.4 Å². The number of aromatic nitrogens is 2. The number of amides is 1. The first-order valence-corrected chi connectivity index (χ1v) is 7.94. The standard InChI is InChI=1S/C19H15N3O5/c1-26-18(24)12-5-4-6-13(9-12)21-17(23)11-27-19(25)16-10-20-14-7-2-3-8-15(14)22-16/h2-10H,11H2,1H3,(H,21,23). The first kappa shape index (κ1) is 18.0. The van der Waals surface area contributed by atoms with Crippen LogP contribution in [-0.4, -0.2) is 41.5 Å². The molecular formula is C19H15N3O5. The van der Waals surface area contributed by atoms with Crippen LogP contribution in [0.5, 0.6) is 0 Å². The fraction of sp³-hybridized carbons (Fsp3) is 0.105. The molecule has 2 aromatic carbocycles. The molecular weight excluding hydrogens is 350 g/mol. The number of para-hydroxylation sites is 2. The van der Waals surface area contributed by atoms with Crippen molar-refractivity contribution >= 4 is 34.6 Å². The molecule has 1 N–H and O–H groups in total. The van der Waals surface area contributed by atoms with E-state index in [9.17, 15) is 14.4 Å². The minimum absolute atomic E-state index is 0.00851. The number of fused-ring (bicyclic) bond motifs is 1. The zero-order chi connectivity index (χ0) is 19.2. The predicted molar refractivity (Wildman–Crippen MR) is 96.2 cm³/mol. The maximum atomic E-state index is 12.1. The first-order valence-electron chi connectivity index (χ1n) is 7.94. The van der Waals surface area contributed by atoms with Gasteiger partial charge in [0.1, 0.15) is 0 Å². The van der Waals surface area contributed by atoms with Crippen molar-refractivity contribution in [3.63, 3.8) is 0 Å². The van der Waals surface area contributed by atoms with E-state index in [0.717, 1.165) is 0 Å². The smallest absolute Gasteiger partial charge is 0.359 e. The van der Waals surface area contributed by atoms with Crippen LogP contribution in [0.15, 0.2) is 54.7 Å². The van der Waals surface area contributed by atoms with Gasteiger partial charge in [-0.2, -0.15) is 0 Å². The Balaban J connectivity index is 1.59. The highest BCUT2D eigenvalue weighted by Gasteiger charge is 2.14. The molecule has 0 saturated carbocycles. The second-order valence-corrected chi connectivity index (χ2v) is 5.44. The summed E-state index contributed by atoms with van der Waals surface area (Å²) in [5.74, 6) is -1.83. The Morgan fingerprint density at radius 1 is 1.00 bits per heavy atom. The Morgan fingerprint density at radius 3 is 2.56 bits per heavy atom. The van der Waals surface area contributed by atoms with Gasteiger partial charge in [-0.05, 0) is 30.3 Å². The van der Waals surface area contributed by atoms with Gasteiger partial charge in [-0.1, -0.05) is 18.2 Å². The Hall–Kier alpha value is -3.81. The van der Waals surface area contributed by atoms with Gasteiger partial charge in [0.05, 0.1) is 29.9 Å². The van der Waals surface area contributed by atoms with Gasteiger partial charge >= 0.3 is 11.9 Å². The molecule has 0 atom stereocenters. The summed E-state index contributed by atoms with van der Waals surface area (Å²) in [7, 11) is 1.27.